The predicted octanol–water partition coefficient (Wildman–Crippen LogP) is 1.43. The third kappa shape index (κ3) is 2.69. The molecule has 0 aromatic rings. The molecule has 1 aliphatic carbocycles. The molecule has 0 aromatic heterocycles. The van der Waals surface area contributed by atoms with Crippen LogP contribution in [0.3, 0.4) is 0 Å². The lowest BCUT2D eigenvalue weighted by Gasteiger charge is -2.30. The largest absolute Gasteiger partial charge is 0.382 e. The van der Waals surface area contributed by atoms with E-state index in [1.165, 1.54) is 6.42 Å². The van der Waals surface area contributed by atoms with Gasteiger partial charge in [0.25, 0.3) is 0 Å². The van der Waals surface area contributed by atoms with E-state index in [4.69, 9.17) is 9.47 Å². The van der Waals surface area contributed by atoms with Gasteiger partial charge in [-0.2, -0.15) is 0 Å². The molecule has 1 N–H and O–H groups in total. The van der Waals surface area contributed by atoms with Crippen LogP contribution in [-0.4, -0.2) is 39.5 Å². The fraction of sp³-hybridized carbons (Fsp3) is 1.00. The Bertz CT molecular complexity index is 171. The minimum Gasteiger partial charge on any atom is -0.382 e. The number of rotatable bonds is 5. The van der Waals surface area contributed by atoms with E-state index in [1.807, 2.05) is 7.05 Å². The number of likely N-dealkylation sites (N-methyl/N-ethyl adjacent to an activating group) is 1. The summed E-state index contributed by atoms with van der Waals surface area (Å²) in [6, 6.07) is 0.472. The van der Waals surface area contributed by atoms with Crippen molar-refractivity contribution in [3.05, 3.63) is 0 Å². The zero-order chi connectivity index (χ0) is 10.6. The van der Waals surface area contributed by atoms with Crippen molar-refractivity contribution >= 4 is 0 Å². The number of hydrogen-bond donors (Lipinski definition) is 1. The maximum absolute atomic E-state index is 5.79. The van der Waals surface area contributed by atoms with E-state index >= 15 is 0 Å². The first-order chi connectivity index (χ1) is 6.61. The molecule has 2 unspecified atom stereocenters. The minimum atomic E-state index is 0.352. The highest BCUT2D eigenvalue weighted by Gasteiger charge is 2.41. The van der Waals surface area contributed by atoms with Gasteiger partial charge in [-0.05, 0) is 25.3 Å². The van der Waals surface area contributed by atoms with Crippen LogP contribution in [-0.2, 0) is 9.47 Å². The summed E-state index contributed by atoms with van der Waals surface area (Å²) in [7, 11) is 3.72. The van der Waals surface area contributed by atoms with E-state index in [0.29, 0.717) is 30.8 Å². The molecule has 3 nitrogen and oxygen atoms in total. The molecular formula is C11H23NO2. The van der Waals surface area contributed by atoms with Crippen molar-refractivity contribution < 1.29 is 9.47 Å². The summed E-state index contributed by atoms with van der Waals surface area (Å²) in [5.74, 6) is 0. The molecule has 1 saturated carbocycles. The lowest BCUT2D eigenvalue weighted by Crippen LogP contribution is -2.43. The van der Waals surface area contributed by atoms with Gasteiger partial charge >= 0.3 is 0 Å². The van der Waals surface area contributed by atoms with Crippen LogP contribution in [0.5, 0.6) is 0 Å². The first-order valence-corrected chi connectivity index (χ1v) is 5.39. The molecule has 0 heterocycles. The lowest BCUT2D eigenvalue weighted by molar-refractivity contribution is 0.000766. The molecule has 0 aliphatic heterocycles. The highest BCUT2D eigenvalue weighted by molar-refractivity contribution is 4.96. The van der Waals surface area contributed by atoms with E-state index in [9.17, 15) is 0 Å². The fourth-order valence-electron chi connectivity index (χ4n) is 2.38. The Morgan fingerprint density at radius 3 is 2.64 bits per heavy atom. The van der Waals surface area contributed by atoms with Crippen molar-refractivity contribution in [1.29, 1.82) is 0 Å². The van der Waals surface area contributed by atoms with E-state index < -0.39 is 0 Å². The second-order valence-electron chi connectivity index (χ2n) is 4.70. The minimum absolute atomic E-state index is 0.352. The summed E-state index contributed by atoms with van der Waals surface area (Å²) in [5, 5.41) is 3.37. The third-order valence-corrected chi connectivity index (χ3v) is 3.22. The van der Waals surface area contributed by atoms with Crippen molar-refractivity contribution in [1.82, 2.24) is 5.32 Å². The average Bonchev–Trinajstić information content (AvgIpc) is 2.42. The third-order valence-electron chi connectivity index (χ3n) is 3.22. The zero-order valence-electron chi connectivity index (χ0n) is 9.80. The Morgan fingerprint density at radius 2 is 2.07 bits per heavy atom. The smallest absolute Gasteiger partial charge is 0.0734 e. The van der Waals surface area contributed by atoms with Crippen molar-refractivity contribution in [3.8, 4) is 0 Å². The molecule has 1 fully saturated rings. The van der Waals surface area contributed by atoms with Gasteiger partial charge in [-0.25, -0.2) is 0 Å². The molecule has 3 heteroatoms. The van der Waals surface area contributed by atoms with E-state index in [-0.39, 0.29) is 0 Å². The predicted molar refractivity (Wildman–Crippen MR) is 57.5 cm³/mol. The summed E-state index contributed by atoms with van der Waals surface area (Å²) in [6.45, 7) is 5.99. The summed E-state index contributed by atoms with van der Waals surface area (Å²) in [5.41, 5.74) is 0.354. The monoisotopic (exact) mass is 201 g/mol. The summed E-state index contributed by atoms with van der Waals surface area (Å²) in [6.07, 6.45) is 2.74. The normalized spacial score (nSPS) is 30.9. The Hall–Kier alpha value is -0.120. The number of ether oxygens (including phenoxy) is 2. The number of hydrogen-bond acceptors (Lipinski definition) is 3. The number of methoxy groups -OCH3 is 1. The molecule has 0 saturated heterocycles. The molecule has 0 amide bonds. The second-order valence-corrected chi connectivity index (χ2v) is 4.70. The van der Waals surface area contributed by atoms with Crippen molar-refractivity contribution in [2.45, 2.75) is 38.8 Å². The van der Waals surface area contributed by atoms with E-state index in [0.717, 1.165) is 6.42 Å². The van der Waals surface area contributed by atoms with Crippen LogP contribution in [0.2, 0.25) is 0 Å². The van der Waals surface area contributed by atoms with Crippen LogP contribution in [0.4, 0.5) is 0 Å². The standard InChI is InChI=1S/C11H23NO2/c1-11(2)6-5-9(10(11)12-3)14-8-7-13-4/h9-10,12H,5-8H2,1-4H3. The summed E-state index contributed by atoms with van der Waals surface area (Å²) >= 11 is 0. The van der Waals surface area contributed by atoms with Gasteiger partial charge < -0.3 is 14.8 Å². The molecular weight excluding hydrogens is 178 g/mol. The van der Waals surface area contributed by atoms with E-state index in [1.54, 1.807) is 7.11 Å². The van der Waals surface area contributed by atoms with Gasteiger partial charge in [-0.15, -0.1) is 0 Å². The number of nitrogens with one attached hydrogen (secondary N) is 1. The van der Waals surface area contributed by atoms with Crippen molar-refractivity contribution in [3.63, 3.8) is 0 Å². The molecule has 2 atom stereocenters. The van der Waals surface area contributed by atoms with Crippen LogP contribution in [0.1, 0.15) is 26.7 Å². The molecule has 0 aromatic carbocycles. The van der Waals surface area contributed by atoms with Crippen LogP contribution < -0.4 is 5.32 Å². The van der Waals surface area contributed by atoms with E-state index in [2.05, 4.69) is 19.2 Å². The quantitative estimate of drug-likeness (QED) is 0.683. The Labute approximate surface area is 87.2 Å². The summed E-state index contributed by atoms with van der Waals surface area (Å²) < 4.78 is 10.8. The Balaban J connectivity index is 2.38. The maximum atomic E-state index is 5.79. The highest BCUT2D eigenvalue weighted by atomic mass is 16.5. The van der Waals surface area contributed by atoms with Gasteiger partial charge in [0.05, 0.1) is 19.3 Å². The van der Waals surface area contributed by atoms with Crippen LogP contribution in [0, 0.1) is 5.41 Å². The molecule has 1 rings (SSSR count). The van der Waals surface area contributed by atoms with Crippen molar-refractivity contribution in [2.24, 2.45) is 5.41 Å². The first-order valence-electron chi connectivity index (χ1n) is 5.39. The van der Waals surface area contributed by atoms with Gasteiger partial charge in [0.1, 0.15) is 0 Å². The first kappa shape index (κ1) is 12.0. The second kappa shape index (κ2) is 5.10. The van der Waals surface area contributed by atoms with Crippen molar-refractivity contribution in [2.75, 3.05) is 27.4 Å². The molecule has 0 bridgehead atoms. The van der Waals surface area contributed by atoms with Crippen LogP contribution in [0.25, 0.3) is 0 Å². The molecule has 1 aliphatic rings. The molecule has 0 radical (unpaired) electrons. The molecule has 84 valence electrons. The van der Waals surface area contributed by atoms with Gasteiger partial charge in [-0.3, -0.25) is 0 Å². The highest BCUT2D eigenvalue weighted by Crippen LogP contribution is 2.38. The van der Waals surface area contributed by atoms with Gasteiger partial charge in [-0.1, -0.05) is 13.8 Å². The molecule has 0 spiro atoms. The molecule has 14 heavy (non-hydrogen) atoms. The lowest BCUT2D eigenvalue weighted by atomic mass is 9.87. The van der Waals surface area contributed by atoms with Gasteiger partial charge in [0.2, 0.25) is 0 Å². The Kier molecular flexibility index (Phi) is 4.35. The average molecular weight is 201 g/mol. The zero-order valence-corrected chi connectivity index (χ0v) is 9.80. The Morgan fingerprint density at radius 1 is 1.36 bits per heavy atom. The summed E-state index contributed by atoms with van der Waals surface area (Å²) in [4.78, 5) is 0. The van der Waals surface area contributed by atoms with Gasteiger partial charge in [0, 0.05) is 13.2 Å². The maximum Gasteiger partial charge on any atom is 0.0734 e. The fourth-order valence-corrected chi connectivity index (χ4v) is 2.38. The SMILES string of the molecule is CNC1C(OCCOC)CCC1(C)C. The topological polar surface area (TPSA) is 30.5 Å². The van der Waals surface area contributed by atoms with Crippen LogP contribution in [0.15, 0.2) is 0 Å². The van der Waals surface area contributed by atoms with Crippen LogP contribution >= 0.6 is 0 Å². The van der Waals surface area contributed by atoms with Gasteiger partial charge in [0.15, 0.2) is 0 Å².